The molecule has 82 valence electrons. The van der Waals surface area contributed by atoms with Crippen molar-refractivity contribution in [1.29, 1.82) is 0 Å². The van der Waals surface area contributed by atoms with Crippen molar-refractivity contribution < 1.29 is 9.90 Å². The lowest BCUT2D eigenvalue weighted by Gasteiger charge is -2.13. The van der Waals surface area contributed by atoms with Gasteiger partial charge in [0, 0.05) is 24.6 Å². The zero-order chi connectivity index (χ0) is 11.3. The summed E-state index contributed by atoms with van der Waals surface area (Å²) in [6.07, 6.45) is 4.08. The van der Waals surface area contributed by atoms with Crippen LogP contribution in [-0.2, 0) is 4.79 Å². The van der Waals surface area contributed by atoms with Crippen molar-refractivity contribution in [2.45, 2.75) is 20.3 Å². The Bertz CT molecular complexity index is 339. The SMILES string of the molecule is CCC(CNc1ccncc1C)C(=O)O. The van der Waals surface area contributed by atoms with Crippen LogP contribution in [0.3, 0.4) is 0 Å². The summed E-state index contributed by atoms with van der Waals surface area (Å²) in [7, 11) is 0. The molecule has 4 heteroatoms. The van der Waals surface area contributed by atoms with Crippen LogP contribution in [0.25, 0.3) is 0 Å². The van der Waals surface area contributed by atoms with Gasteiger partial charge in [-0.1, -0.05) is 6.92 Å². The first-order valence-electron chi connectivity index (χ1n) is 5.02. The van der Waals surface area contributed by atoms with Crippen molar-refractivity contribution in [2.75, 3.05) is 11.9 Å². The number of pyridine rings is 1. The Kier molecular flexibility index (Phi) is 4.09. The van der Waals surface area contributed by atoms with E-state index in [0.717, 1.165) is 11.3 Å². The molecule has 0 amide bonds. The van der Waals surface area contributed by atoms with E-state index in [0.29, 0.717) is 13.0 Å². The van der Waals surface area contributed by atoms with E-state index >= 15 is 0 Å². The molecule has 0 aliphatic carbocycles. The molecule has 0 aliphatic rings. The second-order valence-electron chi connectivity index (χ2n) is 3.51. The summed E-state index contributed by atoms with van der Waals surface area (Å²) in [5.74, 6) is -1.09. The number of aliphatic carboxylic acids is 1. The highest BCUT2D eigenvalue weighted by Crippen LogP contribution is 2.13. The maximum atomic E-state index is 10.8. The minimum absolute atomic E-state index is 0.336. The fourth-order valence-electron chi connectivity index (χ4n) is 1.31. The van der Waals surface area contributed by atoms with Crippen molar-refractivity contribution in [3.63, 3.8) is 0 Å². The lowest BCUT2D eigenvalue weighted by Crippen LogP contribution is -2.22. The standard InChI is InChI=1S/C11H16N2O2/c1-3-9(11(14)15)7-13-10-4-5-12-6-8(10)2/h4-6,9H,3,7H2,1-2H3,(H,12,13)(H,14,15). The predicted molar refractivity (Wildman–Crippen MR) is 58.9 cm³/mol. The molecule has 0 aliphatic heterocycles. The number of carboxylic acid groups (broad SMARTS) is 1. The van der Waals surface area contributed by atoms with E-state index in [4.69, 9.17) is 5.11 Å². The number of hydrogen-bond acceptors (Lipinski definition) is 3. The van der Waals surface area contributed by atoms with Gasteiger partial charge < -0.3 is 10.4 Å². The lowest BCUT2D eigenvalue weighted by atomic mass is 10.1. The van der Waals surface area contributed by atoms with Crippen LogP contribution in [0.15, 0.2) is 18.5 Å². The first-order valence-corrected chi connectivity index (χ1v) is 5.02. The molecule has 1 aromatic heterocycles. The summed E-state index contributed by atoms with van der Waals surface area (Å²) in [6, 6.07) is 1.85. The maximum Gasteiger partial charge on any atom is 0.308 e. The van der Waals surface area contributed by atoms with E-state index in [1.807, 2.05) is 19.9 Å². The fourth-order valence-corrected chi connectivity index (χ4v) is 1.31. The number of aryl methyl sites for hydroxylation is 1. The Labute approximate surface area is 89.3 Å². The Morgan fingerprint density at radius 1 is 1.67 bits per heavy atom. The third kappa shape index (κ3) is 3.23. The molecule has 0 saturated carbocycles. The van der Waals surface area contributed by atoms with Gasteiger partial charge in [-0.15, -0.1) is 0 Å². The number of hydrogen-bond donors (Lipinski definition) is 2. The van der Waals surface area contributed by atoms with Gasteiger partial charge in [-0.25, -0.2) is 0 Å². The highest BCUT2D eigenvalue weighted by Gasteiger charge is 2.14. The molecule has 4 nitrogen and oxygen atoms in total. The molecule has 15 heavy (non-hydrogen) atoms. The van der Waals surface area contributed by atoms with Crippen LogP contribution < -0.4 is 5.32 Å². The Morgan fingerprint density at radius 2 is 2.40 bits per heavy atom. The first-order chi connectivity index (χ1) is 7.15. The highest BCUT2D eigenvalue weighted by atomic mass is 16.4. The third-order valence-corrected chi connectivity index (χ3v) is 2.40. The number of anilines is 1. The van der Waals surface area contributed by atoms with E-state index in [2.05, 4.69) is 10.3 Å². The van der Waals surface area contributed by atoms with E-state index in [1.54, 1.807) is 12.4 Å². The maximum absolute atomic E-state index is 10.8. The van der Waals surface area contributed by atoms with E-state index in [1.165, 1.54) is 0 Å². The molecule has 2 N–H and O–H groups in total. The van der Waals surface area contributed by atoms with Gasteiger partial charge in [0.25, 0.3) is 0 Å². The summed E-state index contributed by atoms with van der Waals surface area (Å²) < 4.78 is 0. The largest absolute Gasteiger partial charge is 0.481 e. The number of rotatable bonds is 5. The Balaban J connectivity index is 2.56. The summed E-state index contributed by atoms with van der Waals surface area (Å²) in [6.45, 7) is 4.27. The molecule has 0 spiro atoms. The summed E-state index contributed by atoms with van der Waals surface area (Å²) >= 11 is 0. The Hall–Kier alpha value is -1.58. The smallest absolute Gasteiger partial charge is 0.308 e. The molecule has 0 fully saturated rings. The molecule has 1 aromatic rings. The van der Waals surface area contributed by atoms with Gasteiger partial charge in [0.2, 0.25) is 0 Å². The number of aromatic nitrogens is 1. The molecular formula is C11H16N2O2. The van der Waals surface area contributed by atoms with Crippen LogP contribution in [-0.4, -0.2) is 22.6 Å². The minimum Gasteiger partial charge on any atom is -0.481 e. The van der Waals surface area contributed by atoms with Gasteiger partial charge in [0.1, 0.15) is 0 Å². The van der Waals surface area contributed by atoms with Gasteiger partial charge in [0.05, 0.1) is 5.92 Å². The quantitative estimate of drug-likeness (QED) is 0.776. The number of carboxylic acids is 1. The van der Waals surface area contributed by atoms with Gasteiger partial charge >= 0.3 is 5.97 Å². The highest BCUT2D eigenvalue weighted by molar-refractivity contribution is 5.70. The molecule has 0 radical (unpaired) electrons. The molecule has 1 rings (SSSR count). The first kappa shape index (κ1) is 11.5. The van der Waals surface area contributed by atoms with E-state index in [9.17, 15) is 4.79 Å². The summed E-state index contributed by atoms with van der Waals surface area (Å²) in [5.41, 5.74) is 1.97. The number of nitrogens with zero attached hydrogens (tertiary/aromatic N) is 1. The minimum atomic E-state index is -0.753. The van der Waals surface area contributed by atoms with Crippen LogP contribution in [0.1, 0.15) is 18.9 Å². The summed E-state index contributed by atoms with van der Waals surface area (Å²) in [4.78, 5) is 14.8. The average Bonchev–Trinajstić information content (AvgIpc) is 2.21. The van der Waals surface area contributed by atoms with Crippen LogP contribution >= 0.6 is 0 Å². The van der Waals surface area contributed by atoms with Crippen LogP contribution in [0.5, 0.6) is 0 Å². The normalized spacial score (nSPS) is 12.1. The molecule has 1 atom stereocenters. The van der Waals surface area contributed by atoms with E-state index < -0.39 is 5.97 Å². The predicted octanol–water partition coefficient (Wildman–Crippen LogP) is 1.91. The molecule has 0 saturated heterocycles. The monoisotopic (exact) mass is 208 g/mol. The van der Waals surface area contributed by atoms with Crippen molar-refractivity contribution in [3.8, 4) is 0 Å². The van der Waals surface area contributed by atoms with Crippen LogP contribution in [0.2, 0.25) is 0 Å². The zero-order valence-electron chi connectivity index (χ0n) is 9.03. The van der Waals surface area contributed by atoms with Crippen molar-refractivity contribution in [2.24, 2.45) is 5.92 Å². The van der Waals surface area contributed by atoms with Crippen LogP contribution in [0.4, 0.5) is 5.69 Å². The second-order valence-corrected chi connectivity index (χ2v) is 3.51. The van der Waals surface area contributed by atoms with Gasteiger partial charge in [0.15, 0.2) is 0 Å². The van der Waals surface area contributed by atoms with Crippen molar-refractivity contribution >= 4 is 11.7 Å². The topological polar surface area (TPSA) is 62.2 Å². The number of carbonyl (C=O) groups is 1. The van der Waals surface area contributed by atoms with Gasteiger partial charge in [-0.2, -0.15) is 0 Å². The van der Waals surface area contributed by atoms with Crippen molar-refractivity contribution in [1.82, 2.24) is 4.98 Å². The van der Waals surface area contributed by atoms with Gasteiger partial charge in [-0.3, -0.25) is 9.78 Å². The summed E-state index contributed by atoms with van der Waals surface area (Å²) in [5, 5.41) is 12.0. The van der Waals surface area contributed by atoms with Crippen LogP contribution in [0, 0.1) is 12.8 Å². The lowest BCUT2D eigenvalue weighted by molar-refractivity contribution is -0.141. The molecular weight excluding hydrogens is 192 g/mol. The fraction of sp³-hybridized carbons (Fsp3) is 0.455. The third-order valence-electron chi connectivity index (χ3n) is 2.40. The molecule has 1 unspecified atom stereocenters. The molecule has 0 bridgehead atoms. The molecule has 1 heterocycles. The average molecular weight is 208 g/mol. The number of nitrogens with one attached hydrogen (secondary N) is 1. The molecule has 0 aromatic carbocycles. The van der Waals surface area contributed by atoms with Gasteiger partial charge in [-0.05, 0) is 25.0 Å². The second kappa shape index (κ2) is 5.34. The zero-order valence-corrected chi connectivity index (χ0v) is 9.03. The Morgan fingerprint density at radius 3 is 2.93 bits per heavy atom. The van der Waals surface area contributed by atoms with Crippen molar-refractivity contribution in [3.05, 3.63) is 24.0 Å². The van der Waals surface area contributed by atoms with E-state index in [-0.39, 0.29) is 5.92 Å².